The zero-order valence-corrected chi connectivity index (χ0v) is 17.4. The van der Waals surface area contributed by atoms with Crippen LogP contribution in [0, 0.1) is 19.7 Å². The number of aryl methyl sites for hydroxylation is 1. The predicted molar refractivity (Wildman–Crippen MR) is 110 cm³/mol. The highest BCUT2D eigenvalue weighted by atomic mass is 32.2. The van der Waals surface area contributed by atoms with Crippen molar-refractivity contribution in [2.75, 3.05) is 5.32 Å². The number of H-pyrrole nitrogens is 1. The third kappa shape index (κ3) is 4.31. The second-order valence-corrected chi connectivity index (χ2v) is 8.88. The molecule has 1 aromatic carbocycles. The first-order chi connectivity index (χ1) is 13.3. The lowest BCUT2D eigenvalue weighted by Gasteiger charge is -2.07. The number of anilines is 2. The maximum atomic E-state index is 13.3. The number of carbonyl (C=O) groups is 2. The summed E-state index contributed by atoms with van der Waals surface area (Å²) in [6.07, 6.45) is 0. The molecule has 0 bridgehead atoms. The van der Waals surface area contributed by atoms with E-state index < -0.39 is 5.25 Å². The molecular formula is C19H19FN4O2S2. The van der Waals surface area contributed by atoms with Gasteiger partial charge < -0.3 is 10.3 Å². The molecule has 2 N–H and O–H groups in total. The van der Waals surface area contributed by atoms with E-state index in [0.29, 0.717) is 37.7 Å². The minimum absolute atomic E-state index is 0.0669. The van der Waals surface area contributed by atoms with Crippen molar-refractivity contribution in [1.29, 1.82) is 0 Å². The lowest BCUT2D eigenvalue weighted by Crippen LogP contribution is -2.15. The molecule has 9 heteroatoms. The molecule has 1 atom stereocenters. The summed E-state index contributed by atoms with van der Waals surface area (Å²) in [4.78, 5) is 27.6. The van der Waals surface area contributed by atoms with Crippen LogP contribution in [0.5, 0.6) is 0 Å². The van der Waals surface area contributed by atoms with Crippen LogP contribution in [0.15, 0.2) is 28.6 Å². The Morgan fingerprint density at radius 3 is 2.68 bits per heavy atom. The molecule has 3 aromatic rings. The third-order valence-corrected chi connectivity index (χ3v) is 6.19. The molecule has 3 rings (SSSR count). The Hall–Kier alpha value is -2.52. The summed E-state index contributed by atoms with van der Waals surface area (Å²) in [6.45, 7) is 6.84. The van der Waals surface area contributed by atoms with Gasteiger partial charge >= 0.3 is 0 Å². The van der Waals surface area contributed by atoms with Gasteiger partial charge in [-0.15, -0.1) is 10.2 Å². The molecule has 6 nitrogen and oxygen atoms in total. The van der Waals surface area contributed by atoms with E-state index in [4.69, 9.17) is 0 Å². The summed E-state index contributed by atoms with van der Waals surface area (Å²) in [7, 11) is 0. The van der Waals surface area contributed by atoms with Crippen LogP contribution in [-0.4, -0.2) is 32.0 Å². The van der Waals surface area contributed by atoms with Crippen LogP contribution in [0.25, 0.3) is 0 Å². The number of rotatable bonds is 7. The van der Waals surface area contributed by atoms with Crippen LogP contribution in [-0.2, 0) is 0 Å². The van der Waals surface area contributed by atoms with Gasteiger partial charge in [0.2, 0.25) is 5.13 Å². The van der Waals surface area contributed by atoms with Crippen LogP contribution in [0.2, 0.25) is 0 Å². The smallest absolute Gasteiger partial charge is 0.210 e. The SMILES string of the molecule is CC(=O)c1c(C)[nH]c(C(=O)[C@H](C)Sc2nnc(Nc3cccc(F)c3)s2)c1C. The topological polar surface area (TPSA) is 87.7 Å². The molecule has 0 unspecified atom stereocenters. The van der Waals surface area contributed by atoms with E-state index in [-0.39, 0.29) is 17.4 Å². The average Bonchev–Trinajstić information content (AvgIpc) is 3.17. The van der Waals surface area contributed by atoms with E-state index in [1.807, 2.05) is 0 Å². The van der Waals surface area contributed by atoms with Gasteiger partial charge in [-0.25, -0.2) is 4.39 Å². The van der Waals surface area contributed by atoms with Crippen molar-refractivity contribution in [3.63, 3.8) is 0 Å². The van der Waals surface area contributed by atoms with Gasteiger partial charge in [-0.2, -0.15) is 0 Å². The predicted octanol–water partition coefficient (Wildman–Crippen LogP) is 4.93. The largest absolute Gasteiger partial charge is 0.355 e. The second-order valence-electron chi connectivity index (χ2n) is 6.31. The summed E-state index contributed by atoms with van der Waals surface area (Å²) in [5, 5.41) is 11.2. The fraction of sp³-hybridized carbons (Fsp3) is 0.263. The number of aromatic nitrogens is 3. The zero-order valence-electron chi connectivity index (χ0n) is 15.8. The fourth-order valence-electron chi connectivity index (χ4n) is 2.93. The first kappa shape index (κ1) is 20.2. The molecule has 0 aliphatic rings. The molecule has 146 valence electrons. The van der Waals surface area contributed by atoms with Crippen molar-refractivity contribution in [3.05, 3.63) is 52.6 Å². The van der Waals surface area contributed by atoms with E-state index >= 15 is 0 Å². The zero-order chi connectivity index (χ0) is 20.4. The first-order valence-electron chi connectivity index (χ1n) is 8.53. The average molecular weight is 419 g/mol. The minimum atomic E-state index is -0.411. The molecule has 0 saturated heterocycles. The van der Waals surface area contributed by atoms with Gasteiger partial charge in [0.1, 0.15) is 5.82 Å². The Bertz CT molecular complexity index is 1040. The number of thioether (sulfide) groups is 1. The number of halogens is 1. The van der Waals surface area contributed by atoms with E-state index in [9.17, 15) is 14.0 Å². The Labute approximate surface area is 170 Å². The standard InChI is InChI=1S/C19H19FN4O2S2/c1-9-15(11(3)25)10(2)21-16(9)17(26)12(4)27-19-24-23-18(28-19)22-14-7-5-6-13(20)8-14/h5-8,12,21H,1-4H3,(H,22,23)/t12-/m0/s1. The summed E-state index contributed by atoms with van der Waals surface area (Å²) < 4.78 is 13.9. The highest BCUT2D eigenvalue weighted by Crippen LogP contribution is 2.32. The summed E-state index contributed by atoms with van der Waals surface area (Å²) >= 11 is 2.57. The highest BCUT2D eigenvalue weighted by Gasteiger charge is 2.25. The molecule has 2 aromatic heterocycles. The minimum Gasteiger partial charge on any atom is -0.355 e. The molecule has 0 fully saturated rings. The molecule has 0 aliphatic carbocycles. The fourth-order valence-corrected chi connectivity index (χ4v) is 4.91. The van der Waals surface area contributed by atoms with E-state index in [1.165, 1.54) is 42.2 Å². The number of hydrogen-bond donors (Lipinski definition) is 2. The monoisotopic (exact) mass is 418 g/mol. The lowest BCUT2D eigenvalue weighted by molar-refractivity contribution is 0.0988. The molecule has 0 spiro atoms. The lowest BCUT2D eigenvalue weighted by atomic mass is 10.0. The van der Waals surface area contributed by atoms with Crippen LogP contribution < -0.4 is 5.32 Å². The first-order valence-corrected chi connectivity index (χ1v) is 10.2. The normalized spacial score (nSPS) is 12.0. The van der Waals surface area contributed by atoms with Gasteiger partial charge in [-0.3, -0.25) is 9.59 Å². The van der Waals surface area contributed by atoms with Gasteiger partial charge in [0.05, 0.1) is 10.9 Å². The number of nitrogens with zero attached hydrogens (tertiary/aromatic N) is 2. The number of carbonyl (C=O) groups excluding carboxylic acids is 2. The Balaban J connectivity index is 1.71. The number of benzene rings is 1. The van der Waals surface area contributed by atoms with Gasteiger partial charge in [-0.1, -0.05) is 29.2 Å². The second kappa shape index (κ2) is 8.24. The van der Waals surface area contributed by atoms with Gasteiger partial charge in [0, 0.05) is 16.9 Å². The Morgan fingerprint density at radius 2 is 2.04 bits per heavy atom. The maximum Gasteiger partial charge on any atom is 0.210 e. The van der Waals surface area contributed by atoms with Crippen molar-refractivity contribution in [1.82, 2.24) is 15.2 Å². The number of aromatic amines is 1. The molecule has 0 aliphatic heterocycles. The van der Waals surface area contributed by atoms with Crippen molar-refractivity contribution in [3.8, 4) is 0 Å². The van der Waals surface area contributed by atoms with Crippen molar-refractivity contribution >= 4 is 45.5 Å². The van der Waals surface area contributed by atoms with Crippen molar-refractivity contribution in [2.45, 2.75) is 37.3 Å². The highest BCUT2D eigenvalue weighted by molar-refractivity contribution is 8.02. The van der Waals surface area contributed by atoms with Crippen LogP contribution in [0.3, 0.4) is 0 Å². The quantitative estimate of drug-likeness (QED) is 0.418. The van der Waals surface area contributed by atoms with Gasteiger partial charge in [0.25, 0.3) is 0 Å². The summed E-state index contributed by atoms with van der Waals surface area (Å²) in [5.74, 6) is -0.513. The van der Waals surface area contributed by atoms with Gasteiger partial charge in [0.15, 0.2) is 15.9 Å². The van der Waals surface area contributed by atoms with Crippen LogP contribution >= 0.6 is 23.1 Å². The summed E-state index contributed by atoms with van der Waals surface area (Å²) in [6, 6.07) is 6.06. The number of Topliss-reactive ketones (excluding diaryl/α,β-unsaturated/α-hetero) is 2. The van der Waals surface area contributed by atoms with Crippen LogP contribution in [0.1, 0.15) is 46.0 Å². The molecule has 2 heterocycles. The molecule has 0 radical (unpaired) electrons. The Kier molecular flexibility index (Phi) is 5.95. The third-order valence-electron chi connectivity index (χ3n) is 4.17. The molecule has 0 saturated carbocycles. The van der Waals surface area contributed by atoms with Gasteiger partial charge in [-0.05, 0) is 51.5 Å². The van der Waals surface area contributed by atoms with E-state index in [1.54, 1.807) is 32.9 Å². The summed E-state index contributed by atoms with van der Waals surface area (Å²) in [5.41, 5.74) is 2.96. The molecular weight excluding hydrogens is 399 g/mol. The molecule has 0 amide bonds. The van der Waals surface area contributed by atoms with Crippen LogP contribution in [0.4, 0.5) is 15.2 Å². The number of ketones is 2. The van der Waals surface area contributed by atoms with Crippen molar-refractivity contribution in [2.24, 2.45) is 0 Å². The Morgan fingerprint density at radius 1 is 1.29 bits per heavy atom. The maximum absolute atomic E-state index is 13.3. The number of nitrogens with one attached hydrogen (secondary N) is 2. The van der Waals surface area contributed by atoms with Crippen molar-refractivity contribution < 1.29 is 14.0 Å². The van der Waals surface area contributed by atoms with E-state index in [0.717, 1.165) is 0 Å². The number of hydrogen-bond acceptors (Lipinski definition) is 7. The van der Waals surface area contributed by atoms with E-state index in [2.05, 4.69) is 20.5 Å². The molecule has 28 heavy (non-hydrogen) atoms.